The zero-order valence-electron chi connectivity index (χ0n) is 47.7. The van der Waals surface area contributed by atoms with Crippen LogP contribution in [0.4, 0.5) is 52.1 Å². The molecule has 1 atom stereocenters. The van der Waals surface area contributed by atoms with Gasteiger partial charge in [0.25, 0.3) is 17.7 Å². The first kappa shape index (κ1) is 63.9. The van der Waals surface area contributed by atoms with Crippen molar-refractivity contribution in [3.63, 3.8) is 0 Å². The highest BCUT2D eigenvalue weighted by Crippen LogP contribution is 2.46. The Morgan fingerprint density at radius 2 is 1.12 bits per heavy atom. The van der Waals surface area contributed by atoms with Crippen molar-refractivity contribution >= 4 is 53.3 Å². The Morgan fingerprint density at radius 1 is 0.687 bits per heavy atom. The molecule has 3 aliphatic heterocycles. The van der Waals surface area contributed by atoms with Crippen LogP contribution in [-0.2, 0) is 54.1 Å². The number of amides is 6. The molecule has 6 amide bonds. The molecule has 19 nitrogen and oxygen atoms in total. The van der Waals surface area contributed by atoms with Gasteiger partial charge >= 0.3 is 36.6 Å². The number of nitrogens with one attached hydrogen (secondary N) is 2. The molecule has 0 unspecified atom stereocenters. The maximum absolute atomic E-state index is 14.6. The number of carbonyl (C=O) groups is 7. The number of nitrogens with zero attached hydrogens (tertiary/aromatic N) is 4. The minimum absolute atomic E-state index is 0.0214. The highest BCUT2D eigenvalue weighted by molar-refractivity contribution is 6.06. The van der Waals surface area contributed by atoms with Crippen molar-refractivity contribution in [2.24, 2.45) is 0 Å². The second-order valence-corrected chi connectivity index (χ2v) is 21.9. The fourth-order valence-corrected chi connectivity index (χ4v) is 9.32. The number of alkyl carbamates (subject to hydrolysis) is 2. The molecule has 4 aromatic carbocycles. The lowest BCUT2D eigenvalue weighted by atomic mass is 9.96. The van der Waals surface area contributed by atoms with Crippen molar-refractivity contribution in [3.8, 4) is 11.5 Å². The number of alkyl halides is 6. The molecule has 3 heterocycles. The Bertz CT molecular complexity index is 3020. The predicted molar refractivity (Wildman–Crippen MR) is 290 cm³/mol. The monoisotopic (exact) mass is 1170 g/mol. The lowest BCUT2D eigenvalue weighted by Gasteiger charge is -2.42. The van der Waals surface area contributed by atoms with Gasteiger partial charge in [0.1, 0.15) is 30.3 Å². The standard InChI is InChI=1S/C35H45F3N4O7.C23H23F3N2O6/c1-22(2)42(24-14-11-16-40(20-24)32(46)49-33(3,4)5)29(43)25-18-27-28(19-26(25)35(36,37)38)48-34(6,7)30(44)41(27)17-15-39-31(45)47-21-23-12-9-8-10-13-23;1-22(2)20(30)28(10-9-27-21(31)33-13-14-7-5-4-6-8-14)17-11-15(19(29)32-3)16(23(24,25)26)12-18(17)34-22/h8-10,12-13,18-19,22,24H,11,14-17,20-21H2,1-7H3,(H,39,45);4-8,11-12H,9-10,13H2,1-3H3,(H,27,31)/t24-;/m1./s1. The molecule has 25 heteroatoms. The van der Waals surface area contributed by atoms with Gasteiger partial charge in [-0.05, 0) is 111 Å². The maximum Gasteiger partial charge on any atom is 0.417 e. The van der Waals surface area contributed by atoms with Gasteiger partial charge in [0.2, 0.25) is 0 Å². The van der Waals surface area contributed by atoms with Gasteiger partial charge in [0.15, 0.2) is 11.2 Å². The number of benzene rings is 4. The molecule has 2 N–H and O–H groups in total. The van der Waals surface area contributed by atoms with Crippen LogP contribution < -0.4 is 29.9 Å². The minimum atomic E-state index is -4.94. The van der Waals surface area contributed by atoms with E-state index in [1.54, 1.807) is 83.1 Å². The van der Waals surface area contributed by atoms with Crippen molar-refractivity contribution in [1.29, 1.82) is 0 Å². The number of likely N-dealkylation sites (tertiary alicyclic amines) is 1. The van der Waals surface area contributed by atoms with E-state index in [4.69, 9.17) is 23.7 Å². The van der Waals surface area contributed by atoms with Crippen molar-refractivity contribution in [1.82, 2.24) is 20.4 Å². The molecule has 0 spiro atoms. The summed E-state index contributed by atoms with van der Waals surface area (Å²) in [6, 6.07) is 20.2. The van der Waals surface area contributed by atoms with Crippen LogP contribution in [0.1, 0.15) is 118 Å². The summed E-state index contributed by atoms with van der Waals surface area (Å²) >= 11 is 0. The van der Waals surface area contributed by atoms with E-state index in [1.165, 1.54) is 42.4 Å². The summed E-state index contributed by atoms with van der Waals surface area (Å²) < 4.78 is 116. The first-order chi connectivity index (χ1) is 38.7. The molecule has 0 saturated carbocycles. The number of fused-ring (bicyclic) bond motifs is 2. The molecule has 4 aromatic rings. The van der Waals surface area contributed by atoms with Crippen molar-refractivity contribution in [2.45, 2.75) is 130 Å². The van der Waals surface area contributed by atoms with E-state index in [1.807, 2.05) is 12.1 Å². The average Bonchev–Trinajstić information content (AvgIpc) is 2.27. The highest BCUT2D eigenvalue weighted by Gasteiger charge is 2.47. The van der Waals surface area contributed by atoms with Gasteiger partial charge in [-0.1, -0.05) is 60.7 Å². The van der Waals surface area contributed by atoms with Crippen LogP contribution in [-0.4, -0.2) is 127 Å². The lowest BCUT2D eigenvalue weighted by Crippen LogP contribution is -2.55. The van der Waals surface area contributed by atoms with Crippen molar-refractivity contribution in [3.05, 3.63) is 118 Å². The second-order valence-electron chi connectivity index (χ2n) is 21.9. The van der Waals surface area contributed by atoms with Crippen LogP contribution >= 0.6 is 0 Å². The summed E-state index contributed by atoms with van der Waals surface area (Å²) in [4.78, 5) is 95.2. The van der Waals surface area contributed by atoms with Gasteiger partial charge in [-0.2, -0.15) is 26.3 Å². The first-order valence-electron chi connectivity index (χ1n) is 26.5. The Kier molecular flexibility index (Phi) is 20.0. The molecule has 450 valence electrons. The van der Waals surface area contributed by atoms with Crippen LogP contribution in [0.25, 0.3) is 0 Å². The molecule has 0 aliphatic carbocycles. The van der Waals surface area contributed by atoms with E-state index >= 15 is 0 Å². The van der Waals surface area contributed by atoms with Gasteiger partial charge in [-0.15, -0.1) is 0 Å². The number of methoxy groups -OCH3 is 1. The number of carbonyl (C=O) groups excluding carboxylic acids is 7. The van der Waals surface area contributed by atoms with Crippen LogP contribution in [0, 0.1) is 0 Å². The molecule has 83 heavy (non-hydrogen) atoms. The SMILES string of the molecule is CC(C)N(C(=O)c1cc2c(cc1C(F)(F)F)OC(C)(C)C(=O)N2CCNC(=O)OCc1ccccc1)[C@@H]1CCCN(C(=O)OC(C)(C)C)C1.COC(=O)c1cc2c(cc1C(F)(F)F)OC(C)(C)C(=O)N2CCNC(=O)OCc1ccccc1. The van der Waals surface area contributed by atoms with E-state index < -0.39 is 105 Å². The number of hydrogen-bond acceptors (Lipinski definition) is 13. The van der Waals surface area contributed by atoms with Gasteiger partial charge in [0.05, 0.1) is 46.8 Å². The highest BCUT2D eigenvalue weighted by atomic mass is 19.4. The quantitative estimate of drug-likeness (QED) is 0.0684. The largest absolute Gasteiger partial charge is 0.476 e. The zero-order chi connectivity index (χ0) is 61.4. The summed E-state index contributed by atoms with van der Waals surface area (Å²) in [7, 11) is 0.954. The fourth-order valence-electron chi connectivity index (χ4n) is 9.32. The smallest absolute Gasteiger partial charge is 0.417 e. The van der Waals surface area contributed by atoms with Crippen LogP contribution in [0.3, 0.4) is 0 Å². The third-order valence-electron chi connectivity index (χ3n) is 13.1. The maximum atomic E-state index is 14.6. The minimum Gasteiger partial charge on any atom is -0.476 e. The normalized spacial score (nSPS) is 16.4. The molecule has 0 radical (unpaired) electrons. The lowest BCUT2D eigenvalue weighted by molar-refractivity contribution is -0.139. The molecule has 0 bridgehead atoms. The Labute approximate surface area is 476 Å². The Morgan fingerprint density at radius 3 is 1.53 bits per heavy atom. The van der Waals surface area contributed by atoms with E-state index in [0.29, 0.717) is 25.5 Å². The van der Waals surface area contributed by atoms with E-state index in [-0.39, 0.29) is 68.8 Å². The first-order valence-corrected chi connectivity index (χ1v) is 26.5. The number of ether oxygens (including phenoxy) is 6. The van der Waals surface area contributed by atoms with E-state index in [9.17, 15) is 59.9 Å². The number of hydrogen-bond donors (Lipinski definition) is 2. The third-order valence-corrected chi connectivity index (χ3v) is 13.1. The molecule has 1 fully saturated rings. The van der Waals surface area contributed by atoms with Crippen LogP contribution in [0.2, 0.25) is 0 Å². The molecule has 7 rings (SSSR count). The van der Waals surface area contributed by atoms with Crippen molar-refractivity contribution in [2.75, 3.05) is 56.2 Å². The second kappa shape index (κ2) is 25.9. The van der Waals surface area contributed by atoms with Gasteiger partial charge in [0, 0.05) is 45.3 Å². The Balaban J connectivity index is 0.000000285. The van der Waals surface area contributed by atoms with Crippen LogP contribution in [0.5, 0.6) is 11.5 Å². The molecule has 0 aromatic heterocycles. The number of anilines is 2. The predicted octanol–water partition coefficient (Wildman–Crippen LogP) is 10.3. The summed E-state index contributed by atoms with van der Waals surface area (Å²) in [6.07, 6.45) is -10.9. The average molecular weight is 1170 g/mol. The number of halogens is 6. The van der Waals surface area contributed by atoms with E-state index in [0.717, 1.165) is 41.3 Å². The molecular weight excluding hydrogens is 1100 g/mol. The molecule has 1 saturated heterocycles. The number of piperidine rings is 1. The van der Waals surface area contributed by atoms with Crippen LogP contribution in [0.15, 0.2) is 84.9 Å². The Hall–Kier alpha value is -8.25. The zero-order valence-corrected chi connectivity index (χ0v) is 47.7. The molecule has 3 aliphatic rings. The number of rotatable bonds is 14. The molecular formula is C58H68F6N6O13. The summed E-state index contributed by atoms with van der Waals surface area (Å²) in [6.45, 7) is 14.4. The summed E-state index contributed by atoms with van der Waals surface area (Å²) in [5.74, 6) is -3.70. The van der Waals surface area contributed by atoms with E-state index in [2.05, 4.69) is 15.4 Å². The third kappa shape index (κ3) is 16.3. The number of esters is 1. The topological polar surface area (TPSA) is 212 Å². The van der Waals surface area contributed by atoms with Gasteiger partial charge in [-0.25, -0.2) is 19.2 Å². The van der Waals surface area contributed by atoms with Gasteiger partial charge < -0.3 is 58.7 Å². The van der Waals surface area contributed by atoms with Crippen molar-refractivity contribution < 1.29 is 88.3 Å². The van der Waals surface area contributed by atoms with Gasteiger partial charge in [-0.3, -0.25) is 14.4 Å². The summed E-state index contributed by atoms with van der Waals surface area (Å²) in [5, 5.41) is 5.06. The summed E-state index contributed by atoms with van der Waals surface area (Å²) in [5.41, 5.74) is -6.16. The fraction of sp³-hybridized carbons (Fsp3) is 0.466.